The molecule has 2 heterocycles. The van der Waals surface area contributed by atoms with E-state index < -0.39 is 5.63 Å². The number of allylic oxidation sites excluding steroid dienone is 2. The molecule has 132 valence electrons. The van der Waals surface area contributed by atoms with Crippen molar-refractivity contribution in [1.82, 2.24) is 10.3 Å². The van der Waals surface area contributed by atoms with E-state index in [1.54, 1.807) is 38.4 Å². The predicted octanol–water partition coefficient (Wildman–Crippen LogP) is 3.07. The molecule has 0 radical (unpaired) electrons. The molecule has 2 aromatic heterocycles. The summed E-state index contributed by atoms with van der Waals surface area (Å²) in [7, 11) is 1.56. The second-order valence-electron chi connectivity index (χ2n) is 5.71. The molecular formula is C20H18N2O4. The van der Waals surface area contributed by atoms with E-state index in [1.165, 1.54) is 12.3 Å². The molecule has 0 aliphatic heterocycles. The lowest BCUT2D eigenvalue weighted by atomic mass is 10.1. The maximum absolute atomic E-state index is 12.2. The number of hydrogen-bond donors (Lipinski definition) is 1. The van der Waals surface area contributed by atoms with Crippen molar-refractivity contribution in [2.24, 2.45) is 0 Å². The summed E-state index contributed by atoms with van der Waals surface area (Å²) < 4.78 is 10.7. The summed E-state index contributed by atoms with van der Waals surface area (Å²) in [4.78, 5) is 27.7. The Morgan fingerprint density at radius 2 is 2.08 bits per heavy atom. The van der Waals surface area contributed by atoms with Crippen LogP contribution in [-0.2, 0) is 6.42 Å². The molecule has 6 nitrogen and oxygen atoms in total. The SMILES string of the molecule is COc1ccc2ccc(=O)oc2c1CC=C(C)NC(=O)c1cccnc1. The fraction of sp³-hybridized carbons (Fsp3) is 0.150. The number of fused-ring (bicyclic) bond motifs is 1. The average Bonchev–Trinajstić information content (AvgIpc) is 2.66. The van der Waals surface area contributed by atoms with Crippen molar-refractivity contribution < 1.29 is 13.9 Å². The predicted molar refractivity (Wildman–Crippen MR) is 98.2 cm³/mol. The first-order valence-corrected chi connectivity index (χ1v) is 8.06. The van der Waals surface area contributed by atoms with Crippen molar-refractivity contribution in [1.29, 1.82) is 0 Å². The van der Waals surface area contributed by atoms with Gasteiger partial charge in [0.1, 0.15) is 11.3 Å². The van der Waals surface area contributed by atoms with E-state index in [9.17, 15) is 9.59 Å². The van der Waals surface area contributed by atoms with Crippen molar-refractivity contribution in [3.05, 3.63) is 82.1 Å². The van der Waals surface area contributed by atoms with Crippen LogP contribution in [0.1, 0.15) is 22.8 Å². The number of amides is 1. The van der Waals surface area contributed by atoms with Gasteiger partial charge in [-0.25, -0.2) is 4.79 Å². The molecule has 0 unspecified atom stereocenters. The standard InChI is InChI=1S/C20H18N2O4/c1-13(22-20(24)15-4-3-11-21-12-15)5-8-16-17(25-2)9-6-14-7-10-18(23)26-19(14)16/h3-7,9-12H,8H2,1-2H3,(H,22,24). The van der Waals surface area contributed by atoms with Crippen LogP contribution in [0.3, 0.4) is 0 Å². The highest BCUT2D eigenvalue weighted by Gasteiger charge is 2.11. The molecule has 1 amide bonds. The summed E-state index contributed by atoms with van der Waals surface area (Å²) in [6, 6.07) is 10.2. The zero-order valence-electron chi connectivity index (χ0n) is 14.5. The molecule has 6 heteroatoms. The van der Waals surface area contributed by atoms with Crippen molar-refractivity contribution in [2.75, 3.05) is 7.11 Å². The van der Waals surface area contributed by atoms with Gasteiger partial charge in [0.15, 0.2) is 0 Å². The molecule has 0 spiro atoms. The summed E-state index contributed by atoms with van der Waals surface area (Å²) in [5.41, 5.74) is 1.97. The van der Waals surface area contributed by atoms with Crippen LogP contribution < -0.4 is 15.7 Å². The lowest BCUT2D eigenvalue weighted by Gasteiger charge is -2.10. The van der Waals surface area contributed by atoms with Gasteiger partial charge in [-0.2, -0.15) is 0 Å². The Morgan fingerprint density at radius 1 is 1.27 bits per heavy atom. The number of benzene rings is 1. The molecule has 0 saturated carbocycles. The molecule has 3 rings (SSSR count). The molecule has 26 heavy (non-hydrogen) atoms. The second kappa shape index (κ2) is 7.65. The molecule has 0 fully saturated rings. The van der Waals surface area contributed by atoms with E-state index in [1.807, 2.05) is 18.2 Å². The molecule has 0 aliphatic rings. The fourth-order valence-electron chi connectivity index (χ4n) is 2.61. The zero-order chi connectivity index (χ0) is 18.5. The van der Waals surface area contributed by atoms with Crippen molar-refractivity contribution in [2.45, 2.75) is 13.3 Å². The number of nitrogens with one attached hydrogen (secondary N) is 1. The Morgan fingerprint density at radius 3 is 2.81 bits per heavy atom. The Kier molecular flexibility index (Phi) is 5.12. The third-order valence-corrected chi connectivity index (χ3v) is 3.92. The number of pyridine rings is 1. The van der Waals surface area contributed by atoms with E-state index in [0.717, 1.165) is 10.9 Å². The quantitative estimate of drug-likeness (QED) is 0.715. The van der Waals surface area contributed by atoms with Crippen LogP contribution in [0.2, 0.25) is 0 Å². The minimum absolute atomic E-state index is 0.233. The van der Waals surface area contributed by atoms with Crippen molar-refractivity contribution in [3.63, 3.8) is 0 Å². The molecule has 1 aromatic carbocycles. The summed E-state index contributed by atoms with van der Waals surface area (Å²) in [6.07, 6.45) is 5.40. The van der Waals surface area contributed by atoms with Crippen molar-refractivity contribution >= 4 is 16.9 Å². The topological polar surface area (TPSA) is 81.4 Å². The van der Waals surface area contributed by atoms with E-state index in [4.69, 9.17) is 9.15 Å². The fourth-order valence-corrected chi connectivity index (χ4v) is 2.61. The lowest BCUT2D eigenvalue weighted by molar-refractivity contribution is 0.0965. The van der Waals surface area contributed by atoms with Gasteiger partial charge in [0.2, 0.25) is 0 Å². The number of rotatable bonds is 5. The number of aromatic nitrogens is 1. The zero-order valence-corrected chi connectivity index (χ0v) is 14.5. The minimum Gasteiger partial charge on any atom is -0.496 e. The smallest absolute Gasteiger partial charge is 0.336 e. The monoisotopic (exact) mass is 350 g/mol. The second-order valence-corrected chi connectivity index (χ2v) is 5.71. The molecule has 1 N–H and O–H groups in total. The highest BCUT2D eigenvalue weighted by Crippen LogP contribution is 2.28. The molecule has 3 aromatic rings. The van der Waals surface area contributed by atoms with Gasteiger partial charge in [-0.3, -0.25) is 9.78 Å². The number of methoxy groups -OCH3 is 1. The maximum Gasteiger partial charge on any atom is 0.336 e. The van der Waals surface area contributed by atoms with Gasteiger partial charge in [0, 0.05) is 35.1 Å². The summed E-state index contributed by atoms with van der Waals surface area (Å²) in [5.74, 6) is 0.387. The Bertz CT molecular complexity index is 1020. The largest absolute Gasteiger partial charge is 0.496 e. The van der Waals surface area contributed by atoms with E-state index in [0.29, 0.717) is 29.0 Å². The van der Waals surface area contributed by atoms with Gasteiger partial charge in [0.05, 0.1) is 12.7 Å². The molecule has 0 atom stereocenters. The summed E-state index contributed by atoms with van der Waals surface area (Å²) >= 11 is 0. The van der Waals surface area contributed by atoms with E-state index in [2.05, 4.69) is 10.3 Å². The normalized spacial score (nSPS) is 11.4. The highest BCUT2D eigenvalue weighted by atomic mass is 16.5. The summed E-state index contributed by atoms with van der Waals surface area (Å²) in [5, 5.41) is 3.62. The van der Waals surface area contributed by atoms with Crippen LogP contribution in [0.25, 0.3) is 11.0 Å². The summed E-state index contributed by atoms with van der Waals surface area (Å²) in [6.45, 7) is 1.79. The van der Waals surface area contributed by atoms with Gasteiger partial charge >= 0.3 is 5.63 Å². The van der Waals surface area contributed by atoms with Crippen LogP contribution in [0.15, 0.2) is 69.8 Å². The van der Waals surface area contributed by atoms with Gasteiger partial charge in [-0.1, -0.05) is 6.08 Å². The van der Waals surface area contributed by atoms with Gasteiger partial charge in [-0.15, -0.1) is 0 Å². The molecule has 0 aliphatic carbocycles. The number of carbonyl (C=O) groups is 1. The molecule has 0 saturated heterocycles. The Balaban J connectivity index is 1.86. The lowest BCUT2D eigenvalue weighted by Crippen LogP contribution is -2.21. The Labute approximate surface area is 150 Å². The molecule has 0 bridgehead atoms. The van der Waals surface area contributed by atoms with Gasteiger partial charge < -0.3 is 14.5 Å². The van der Waals surface area contributed by atoms with E-state index in [-0.39, 0.29) is 5.91 Å². The average molecular weight is 350 g/mol. The third-order valence-electron chi connectivity index (χ3n) is 3.92. The Hall–Kier alpha value is -3.41. The van der Waals surface area contributed by atoms with Crippen LogP contribution in [-0.4, -0.2) is 18.0 Å². The first kappa shape index (κ1) is 17.4. The highest BCUT2D eigenvalue weighted by molar-refractivity contribution is 5.94. The third kappa shape index (κ3) is 3.80. The number of hydrogen-bond acceptors (Lipinski definition) is 5. The van der Waals surface area contributed by atoms with E-state index >= 15 is 0 Å². The number of ether oxygens (including phenoxy) is 1. The van der Waals surface area contributed by atoms with Crippen LogP contribution in [0, 0.1) is 0 Å². The number of carbonyl (C=O) groups excluding carboxylic acids is 1. The minimum atomic E-state index is -0.419. The first-order valence-electron chi connectivity index (χ1n) is 8.06. The van der Waals surface area contributed by atoms with Crippen molar-refractivity contribution in [3.8, 4) is 5.75 Å². The van der Waals surface area contributed by atoms with Gasteiger partial charge in [0.25, 0.3) is 5.91 Å². The van der Waals surface area contributed by atoms with Crippen LogP contribution in [0.4, 0.5) is 0 Å². The van der Waals surface area contributed by atoms with Crippen LogP contribution in [0.5, 0.6) is 5.75 Å². The number of nitrogens with zero attached hydrogens (tertiary/aromatic N) is 1. The molecular weight excluding hydrogens is 332 g/mol. The maximum atomic E-state index is 12.2. The van der Waals surface area contributed by atoms with Crippen LogP contribution >= 0.6 is 0 Å². The van der Waals surface area contributed by atoms with Gasteiger partial charge in [-0.05, 0) is 43.7 Å². The first-order chi connectivity index (χ1) is 12.6.